The van der Waals surface area contributed by atoms with E-state index >= 15 is 0 Å². The van der Waals surface area contributed by atoms with Gasteiger partial charge in [-0.2, -0.15) is 0 Å². The smallest absolute Gasteiger partial charge is 0.221 e. The number of carbonyl (C=O) groups is 1. The lowest BCUT2D eigenvalue weighted by Gasteiger charge is -2.35. The summed E-state index contributed by atoms with van der Waals surface area (Å²) in [7, 11) is 0. The summed E-state index contributed by atoms with van der Waals surface area (Å²) < 4.78 is 5.75. The maximum atomic E-state index is 11.4. The van der Waals surface area contributed by atoms with E-state index in [0.717, 1.165) is 18.4 Å². The molecular formula is C15H20N4O2. The topological polar surface area (TPSA) is 98.4 Å². The molecule has 1 aliphatic rings. The van der Waals surface area contributed by atoms with Gasteiger partial charge in [0.2, 0.25) is 11.8 Å². The van der Waals surface area contributed by atoms with Crippen molar-refractivity contribution in [1.82, 2.24) is 9.88 Å². The van der Waals surface area contributed by atoms with E-state index in [2.05, 4.69) is 16.8 Å². The Bertz CT molecular complexity index is 667. The average Bonchev–Trinajstić information content (AvgIpc) is 2.82. The molecule has 6 heteroatoms. The van der Waals surface area contributed by atoms with Crippen molar-refractivity contribution >= 4 is 22.7 Å². The van der Waals surface area contributed by atoms with Gasteiger partial charge in [-0.3, -0.25) is 9.69 Å². The highest BCUT2D eigenvalue weighted by molar-refractivity contribution is 5.77. The second kappa shape index (κ2) is 5.37. The molecule has 1 aromatic carbocycles. The molecule has 2 unspecified atom stereocenters. The maximum absolute atomic E-state index is 11.4. The van der Waals surface area contributed by atoms with E-state index in [0.29, 0.717) is 36.3 Å². The molecule has 0 aliphatic carbocycles. The van der Waals surface area contributed by atoms with Gasteiger partial charge in [0.25, 0.3) is 0 Å². The molecule has 4 N–H and O–H groups in total. The summed E-state index contributed by atoms with van der Waals surface area (Å²) in [6.07, 6.45) is 1.82. The van der Waals surface area contributed by atoms with E-state index in [1.54, 1.807) is 12.1 Å². The molecule has 0 spiro atoms. The molecule has 1 aliphatic heterocycles. The van der Waals surface area contributed by atoms with Gasteiger partial charge in [-0.25, -0.2) is 4.98 Å². The normalized spacial score (nSPS) is 23.5. The highest BCUT2D eigenvalue weighted by atomic mass is 16.3. The fraction of sp³-hybridized carbons (Fsp3) is 0.467. The van der Waals surface area contributed by atoms with Gasteiger partial charge in [-0.1, -0.05) is 0 Å². The number of nitrogens with two attached hydrogens (primary N) is 2. The number of oxazole rings is 1. The number of fused-ring (bicyclic) bond motifs is 1. The Labute approximate surface area is 123 Å². The van der Waals surface area contributed by atoms with Gasteiger partial charge in [0.1, 0.15) is 5.52 Å². The molecule has 6 nitrogen and oxygen atoms in total. The van der Waals surface area contributed by atoms with Crippen molar-refractivity contribution in [3.8, 4) is 0 Å². The minimum atomic E-state index is -0.225. The predicted octanol–water partition coefficient (Wildman–Crippen LogP) is 1.50. The van der Waals surface area contributed by atoms with Crippen LogP contribution < -0.4 is 11.5 Å². The van der Waals surface area contributed by atoms with Crippen LogP contribution >= 0.6 is 0 Å². The molecule has 21 heavy (non-hydrogen) atoms. The summed E-state index contributed by atoms with van der Waals surface area (Å²) in [5, 5.41) is 0. The van der Waals surface area contributed by atoms with Gasteiger partial charge in [0.05, 0.1) is 12.5 Å². The Balaban J connectivity index is 1.78. The molecule has 2 heterocycles. The number of hydrogen-bond acceptors (Lipinski definition) is 5. The lowest BCUT2D eigenvalue weighted by Crippen LogP contribution is -2.45. The summed E-state index contributed by atoms with van der Waals surface area (Å²) in [4.78, 5) is 18.1. The number of likely N-dealkylation sites (tertiary alicyclic amines) is 1. The van der Waals surface area contributed by atoms with Crippen LogP contribution in [0.25, 0.3) is 11.1 Å². The van der Waals surface area contributed by atoms with Crippen molar-refractivity contribution in [2.75, 3.05) is 12.3 Å². The Morgan fingerprint density at radius 1 is 1.48 bits per heavy atom. The van der Waals surface area contributed by atoms with Crippen LogP contribution in [0.15, 0.2) is 22.6 Å². The van der Waals surface area contributed by atoms with Crippen molar-refractivity contribution in [2.24, 2.45) is 11.7 Å². The Morgan fingerprint density at radius 3 is 3.05 bits per heavy atom. The van der Waals surface area contributed by atoms with Crippen LogP contribution in [0.1, 0.15) is 25.7 Å². The van der Waals surface area contributed by atoms with Gasteiger partial charge in [0.15, 0.2) is 5.58 Å². The summed E-state index contributed by atoms with van der Waals surface area (Å²) in [5.41, 5.74) is 13.3. The van der Waals surface area contributed by atoms with E-state index < -0.39 is 0 Å². The van der Waals surface area contributed by atoms with Gasteiger partial charge >= 0.3 is 0 Å². The number of nitrogen functional groups attached to an aromatic ring is 1. The molecule has 0 radical (unpaired) electrons. The molecule has 1 fully saturated rings. The van der Waals surface area contributed by atoms with Gasteiger partial charge < -0.3 is 15.9 Å². The third-order valence-corrected chi connectivity index (χ3v) is 4.21. The second-order valence-electron chi connectivity index (χ2n) is 5.79. The van der Waals surface area contributed by atoms with Crippen LogP contribution in [0.2, 0.25) is 0 Å². The zero-order valence-corrected chi connectivity index (χ0v) is 12.1. The zero-order chi connectivity index (χ0) is 15.0. The number of amides is 1. The first kappa shape index (κ1) is 13.9. The van der Waals surface area contributed by atoms with Crippen LogP contribution in [0.5, 0.6) is 0 Å². The molecular weight excluding hydrogens is 268 g/mol. The van der Waals surface area contributed by atoms with Gasteiger partial charge in [-0.15, -0.1) is 0 Å². The standard InChI is InChI=1S/C15H20N4O2/c1-9-2-3-10(15(17)20)7-19(9)8-14-18-12-5-4-11(16)6-13(12)21-14/h4-6,9-10H,2-3,7-8,16H2,1H3,(H2,17,20). The van der Waals surface area contributed by atoms with E-state index in [4.69, 9.17) is 15.9 Å². The van der Waals surface area contributed by atoms with Crippen LogP contribution in [0, 0.1) is 5.92 Å². The third kappa shape index (κ3) is 2.85. The second-order valence-corrected chi connectivity index (χ2v) is 5.79. The summed E-state index contributed by atoms with van der Waals surface area (Å²) in [6, 6.07) is 5.82. The molecule has 1 aromatic heterocycles. The Morgan fingerprint density at radius 2 is 2.29 bits per heavy atom. The molecule has 1 saturated heterocycles. The highest BCUT2D eigenvalue weighted by Crippen LogP contribution is 2.25. The summed E-state index contributed by atoms with van der Waals surface area (Å²) in [6.45, 7) is 3.40. The first-order valence-electron chi connectivity index (χ1n) is 7.21. The number of benzene rings is 1. The van der Waals surface area contributed by atoms with Crippen LogP contribution in [-0.2, 0) is 11.3 Å². The quantitative estimate of drug-likeness (QED) is 0.834. The van der Waals surface area contributed by atoms with Crippen LogP contribution in [-0.4, -0.2) is 28.4 Å². The monoisotopic (exact) mass is 288 g/mol. The molecule has 1 amide bonds. The number of anilines is 1. The van der Waals surface area contributed by atoms with E-state index in [1.165, 1.54) is 0 Å². The SMILES string of the molecule is CC1CCC(C(N)=O)CN1Cc1nc2ccc(N)cc2o1. The van der Waals surface area contributed by atoms with Crippen molar-refractivity contribution in [3.63, 3.8) is 0 Å². The third-order valence-electron chi connectivity index (χ3n) is 4.21. The number of aromatic nitrogens is 1. The van der Waals surface area contributed by atoms with Crippen LogP contribution in [0.3, 0.4) is 0 Å². The fourth-order valence-electron chi connectivity index (χ4n) is 2.86. The zero-order valence-electron chi connectivity index (χ0n) is 12.1. The van der Waals surface area contributed by atoms with Gasteiger partial charge in [-0.05, 0) is 31.9 Å². The average molecular weight is 288 g/mol. The van der Waals surface area contributed by atoms with E-state index in [1.807, 2.05) is 6.07 Å². The number of rotatable bonds is 3. The molecule has 0 saturated carbocycles. The molecule has 0 bridgehead atoms. The molecule has 2 aromatic rings. The minimum Gasteiger partial charge on any atom is -0.439 e. The van der Waals surface area contributed by atoms with Gasteiger partial charge in [0, 0.05) is 24.3 Å². The molecule has 2 atom stereocenters. The number of piperidine rings is 1. The minimum absolute atomic E-state index is 0.0822. The van der Waals surface area contributed by atoms with Crippen molar-refractivity contribution < 1.29 is 9.21 Å². The van der Waals surface area contributed by atoms with Crippen molar-refractivity contribution in [2.45, 2.75) is 32.4 Å². The lowest BCUT2D eigenvalue weighted by atomic mass is 9.93. The van der Waals surface area contributed by atoms with E-state index in [9.17, 15) is 4.79 Å². The Kier molecular flexibility index (Phi) is 3.55. The fourth-order valence-corrected chi connectivity index (χ4v) is 2.86. The first-order valence-corrected chi connectivity index (χ1v) is 7.21. The number of hydrogen-bond donors (Lipinski definition) is 2. The van der Waals surface area contributed by atoms with Crippen molar-refractivity contribution in [3.05, 3.63) is 24.1 Å². The predicted molar refractivity (Wildman–Crippen MR) is 80.2 cm³/mol. The van der Waals surface area contributed by atoms with E-state index in [-0.39, 0.29) is 11.8 Å². The van der Waals surface area contributed by atoms with Crippen LogP contribution in [0.4, 0.5) is 5.69 Å². The summed E-state index contributed by atoms with van der Waals surface area (Å²) >= 11 is 0. The maximum Gasteiger partial charge on any atom is 0.221 e. The first-order chi connectivity index (χ1) is 10.0. The molecule has 3 rings (SSSR count). The molecule has 112 valence electrons. The highest BCUT2D eigenvalue weighted by Gasteiger charge is 2.29. The number of carbonyl (C=O) groups excluding carboxylic acids is 1. The number of primary amides is 1. The number of nitrogens with zero attached hydrogens (tertiary/aromatic N) is 2. The summed E-state index contributed by atoms with van der Waals surface area (Å²) in [5.74, 6) is 0.339. The lowest BCUT2D eigenvalue weighted by molar-refractivity contribution is -0.124. The largest absolute Gasteiger partial charge is 0.439 e. The Hall–Kier alpha value is -2.08. The van der Waals surface area contributed by atoms with Crippen molar-refractivity contribution in [1.29, 1.82) is 0 Å².